The fraction of sp³-hybridized carbons (Fsp3) is 0.538. The summed E-state index contributed by atoms with van der Waals surface area (Å²) in [6.45, 7) is 6.30. The van der Waals surface area contributed by atoms with E-state index in [9.17, 15) is 0 Å². The lowest BCUT2D eigenvalue weighted by molar-refractivity contribution is 0.247. The smallest absolute Gasteiger partial charge is 0.0456 e. The Kier molecular flexibility index (Phi) is 7.55. The molecule has 5 nitrogen and oxygen atoms in total. The Bertz CT molecular complexity index is 309. The zero-order valence-corrected chi connectivity index (χ0v) is 10.9. The van der Waals surface area contributed by atoms with Crippen molar-refractivity contribution in [2.24, 2.45) is 17.2 Å². The lowest BCUT2D eigenvalue weighted by atomic mass is 10.1. The van der Waals surface area contributed by atoms with Gasteiger partial charge in [0.05, 0.1) is 0 Å². The normalized spacial score (nSPS) is 15.9. The van der Waals surface area contributed by atoms with Crippen molar-refractivity contribution >= 4 is 0 Å². The van der Waals surface area contributed by atoms with Crippen LogP contribution in [0.3, 0.4) is 0 Å². The Morgan fingerprint density at radius 3 is 2.00 bits per heavy atom. The highest BCUT2D eigenvalue weighted by Crippen LogP contribution is 2.02. The van der Waals surface area contributed by atoms with Crippen LogP contribution in [0.25, 0.3) is 0 Å². The van der Waals surface area contributed by atoms with Crippen molar-refractivity contribution in [3.8, 4) is 0 Å². The molecule has 1 aromatic carbocycles. The Hall–Kier alpha value is -0.980. The number of hydrogen-bond acceptors (Lipinski definition) is 5. The largest absolute Gasteiger partial charge is 0.326 e. The molecule has 0 amide bonds. The molecule has 1 saturated heterocycles. The van der Waals surface area contributed by atoms with E-state index >= 15 is 0 Å². The molecule has 1 aliphatic rings. The maximum Gasteiger partial charge on any atom is 0.0456 e. The number of piperazine rings is 1. The first kappa shape index (κ1) is 15.1. The van der Waals surface area contributed by atoms with Gasteiger partial charge >= 0.3 is 0 Å². The van der Waals surface area contributed by atoms with Crippen molar-refractivity contribution in [1.82, 2.24) is 10.2 Å². The highest BCUT2D eigenvalue weighted by molar-refractivity contribution is 5.22. The molecular weight excluding hydrogens is 226 g/mol. The average Bonchev–Trinajstić information content (AvgIpc) is 2.48. The minimum atomic E-state index is 0. The minimum absolute atomic E-state index is 0. The van der Waals surface area contributed by atoms with E-state index in [0.717, 1.165) is 37.3 Å². The second kappa shape index (κ2) is 9.02. The third kappa shape index (κ3) is 5.57. The molecule has 0 spiro atoms. The molecule has 18 heavy (non-hydrogen) atoms. The van der Waals surface area contributed by atoms with E-state index in [1.165, 1.54) is 0 Å². The van der Waals surface area contributed by atoms with Gasteiger partial charge in [0.25, 0.3) is 0 Å². The van der Waals surface area contributed by atoms with E-state index in [1.807, 2.05) is 24.3 Å². The first-order chi connectivity index (χ1) is 8.80. The van der Waals surface area contributed by atoms with E-state index in [2.05, 4.69) is 10.2 Å². The number of hydrogen-bond donors (Lipinski definition) is 4. The summed E-state index contributed by atoms with van der Waals surface area (Å²) < 4.78 is 0. The quantitative estimate of drug-likeness (QED) is 0.591. The number of nitrogens with one attached hydrogen (secondary N) is 1. The Labute approximate surface area is 111 Å². The molecule has 1 fully saturated rings. The predicted molar refractivity (Wildman–Crippen MR) is 77.8 cm³/mol. The second-order valence-electron chi connectivity index (χ2n) is 4.28. The van der Waals surface area contributed by atoms with Gasteiger partial charge in [-0.25, -0.2) is 0 Å². The highest BCUT2D eigenvalue weighted by atomic mass is 15.2. The minimum Gasteiger partial charge on any atom is -0.326 e. The number of nitrogens with two attached hydrogens (primary N) is 3. The van der Waals surface area contributed by atoms with Crippen LogP contribution in [0.5, 0.6) is 0 Å². The van der Waals surface area contributed by atoms with Gasteiger partial charge in [-0.1, -0.05) is 24.3 Å². The van der Waals surface area contributed by atoms with Crippen molar-refractivity contribution in [1.29, 1.82) is 0 Å². The monoisotopic (exact) mass is 253 g/mol. The summed E-state index contributed by atoms with van der Waals surface area (Å²) in [5.74, 6) is 0. The summed E-state index contributed by atoms with van der Waals surface area (Å²) in [5.41, 5.74) is 18.5. The van der Waals surface area contributed by atoms with Crippen LogP contribution in [0.2, 0.25) is 0 Å². The highest BCUT2D eigenvalue weighted by Gasteiger charge is 2.04. The number of benzene rings is 1. The fourth-order valence-electron chi connectivity index (χ4n) is 1.78. The molecule has 7 N–H and O–H groups in total. The third-order valence-corrected chi connectivity index (χ3v) is 2.93. The molecule has 1 aromatic rings. The van der Waals surface area contributed by atoms with E-state index in [4.69, 9.17) is 17.2 Å². The van der Waals surface area contributed by atoms with Crippen LogP contribution in [-0.4, -0.2) is 37.7 Å². The van der Waals surface area contributed by atoms with Gasteiger partial charge in [-0.05, 0) is 11.1 Å². The van der Waals surface area contributed by atoms with Gasteiger partial charge in [0.15, 0.2) is 0 Å². The molecular formula is C13H27N5. The molecule has 5 heteroatoms. The first-order valence-corrected chi connectivity index (χ1v) is 6.41. The zero-order valence-electron chi connectivity index (χ0n) is 10.9. The standard InChI is InChI=1S/C8H12N2.C5H13N3.H2/c9-5-7-2-1-3-8(4-7)6-10;6-5-8-3-1-7-2-4-8;/h1-4H,5-6,9-10H2;7H,1-6H2;1H. The third-order valence-electron chi connectivity index (χ3n) is 2.93. The van der Waals surface area contributed by atoms with Crippen molar-refractivity contribution in [3.05, 3.63) is 35.4 Å². The van der Waals surface area contributed by atoms with Gasteiger partial charge in [0.2, 0.25) is 0 Å². The van der Waals surface area contributed by atoms with Gasteiger partial charge in [-0.2, -0.15) is 0 Å². The predicted octanol–water partition coefficient (Wildman–Crippen LogP) is -0.342. The van der Waals surface area contributed by atoms with Crippen LogP contribution in [0.1, 0.15) is 12.6 Å². The fourth-order valence-corrected chi connectivity index (χ4v) is 1.78. The molecule has 0 aliphatic carbocycles. The van der Waals surface area contributed by atoms with Gasteiger partial charge < -0.3 is 22.5 Å². The van der Waals surface area contributed by atoms with Crippen molar-refractivity contribution in [2.45, 2.75) is 13.1 Å². The molecule has 0 bridgehead atoms. The molecule has 104 valence electrons. The first-order valence-electron chi connectivity index (χ1n) is 6.41. The summed E-state index contributed by atoms with van der Waals surface area (Å²) in [6.07, 6.45) is 0. The van der Waals surface area contributed by atoms with Crippen LogP contribution < -0.4 is 22.5 Å². The molecule has 1 aliphatic heterocycles. The maximum absolute atomic E-state index is 5.43. The summed E-state index contributed by atoms with van der Waals surface area (Å²) in [5, 5.41) is 3.25. The van der Waals surface area contributed by atoms with Gasteiger partial charge in [0.1, 0.15) is 0 Å². The Balaban J connectivity index is 0.000000331. The summed E-state index contributed by atoms with van der Waals surface area (Å²) >= 11 is 0. The van der Waals surface area contributed by atoms with Crippen LogP contribution in [0, 0.1) is 0 Å². The lowest BCUT2D eigenvalue weighted by Crippen LogP contribution is -2.45. The molecule has 0 radical (unpaired) electrons. The average molecular weight is 253 g/mol. The maximum atomic E-state index is 5.43. The number of rotatable bonds is 3. The van der Waals surface area contributed by atoms with Crippen molar-refractivity contribution in [2.75, 3.05) is 32.8 Å². The molecule has 0 aromatic heterocycles. The van der Waals surface area contributed by atoms with E-state index in [0.29, 0.717) is 19.8 Å². The number of nitrogens with zero attached hydrogens (tertiary/aromatic N) is 1. The van der Waals surface area contributed by atoms with Gasteiger partial charge in [-0.3, -0.25) is 4.90 Å². The molecule has 0 unspecified atom stereocenters. The van der Waals surface area contributed by atoms with Crippen molar-refractivity contribution < 1.29 is 1.43 Å². The Morgan fingerprint density at radius 2 is 1.61 bits per heavy atom. The molecule has 0 saturated carbocycles. The molecule has 1 heterocycles. The summed E-state index contributed by atoms with van der Waals surface area (Å²) in [7, 11) is 0. The zero-order chi connectivity index (χ0) is 13.2. The van der Waals surface area contributed by atoms with E-state index < -0.39 is 0 Å². The van der Waals surface area contributed by atoms with E-state index in [-0.39, 0.29) is 1.43 Å². The van der Waals surface area contributed by atoms with Crippen LogP contribution in [-0.2, 0) is 13.1 Å². The Morgan fingerprint density at radius 1 is 1.06 bits per heavy atom. The SMILES string of the molecule is NCN1CCNCC1.NCc1cccc(CN)c1.[HH]. The second-order valence-corrected chi connectivity index (χ2v) is 4.28. The van der Waals surface area contributed by atoms with E-state index in [1.54, 1.807) is 0 Å². The lowest BCUT2D eigenvalue weighted by Gasteiger charge is -2.24. The summed E-state index contributed by atoms with van der Waals surface area (Å²) in [6, 6.07) is 8.00. The van der Waals surface area contributed by atoms with Crippen molar-refractivity contribution in [3.63, 3.8) is 0 Å². The molecule has 0 atom stereocenters. The van der Waals surface area contributed by atoms with Crippen LogP contribution in [0.15, 0.2) is 24.3 Å². The van der Waals surface area contributed by atoms with Crippen LogP contribution in [0.4, 0.5) is 0 Å². The van der Waals surface area contributed by atoms with Crippen LogP contribution >= 0.6 is 0 Å². The topological polar surface area (TPSA) is 93.3 Å². The molecule has 2 rings (SSSR count). The van der Waals surface area contributed by atoms with Gasteiger partial charge in [0, 0.05) is 47.4 Å². The van der Waals surface area contributed by atoms with Gasteiger partial charge in [-0.15, -0.1) is 0 Å². The summed E-state index contributed by atoms with van der Waals surface area (Å²) in [4.78, 5) is 2.23.